The van der Waals surface area contributed by atoms with Crippen molar-refractivity contribution in [2.45, 2.75) is 23.8 Å². The Morgan fingerprint density at radius 1 is 1.17 bits per heavy atom. The van der Waals surface area contributed by atoms with Crippen LogP contribution in [0.15, 0.2) is 47.4 Å². The Kier molecular flexibility index (Phi) is 3.54. The normalized spacial score (nSPS) is 19.2. The molecule has 1 amide bonds. The summed E-state index contributed by atoms with van der Waals surface area (Å²) in [6.07, 6.45) is 1.60. The molecule has 1 aliphatic carbocycles. The van der Waals surface area contributed by atoms with Gasteiger partial charge in [0.25, 0.3) is 5.91 Å². The molecule has 0 bridgehead atoms. The summed E-state index contributed by atoms with van der Waals surface area (Å²) >= 11 is 0. The van der Waals surface area contributed by atoms with Crippen molar-refractivity contribution >= 4 is 21.6 Å². The van der Waals surface area contributed by atoms with E-state index in [2.05, 4.69) is 10.0 Å². The molecule has 1 heterocycles. The van der Waals surface area contributed by atoms with Gasteiger partial charge in [0, 0.05) is 6.04 Å². The summed E-state index contributed by atoms with van der Waals surface area (Å²) < 4.78 is 33.4. The zero-order chi connectivity index (χ0) is 16.7. The molecule has 2 aliphatic rings. The summed E-state index contributed by atoms with van der Waals surface area (Å²) in [4.78, 5) is 11.5. The number of ether oxygens (including phenoxy) is 1. The molecule has 2 N–H and O–H groups in total. The number of fused-ring (bicyclic) bond motifs is 2. The minimum Gasteiger partial charge on any atom is -0.482 e. The van der Waals surface area contributed by atoms with Crippen LogP contribution in [0.4, 0.5) is 5.69 Å². The number of nitrogens with one attached hydrogen (secondary N) is 2. The Labute approximate surface area is 139 Å². The molecule has 1 aliphatic heterocycles. The Bertz CT molecular complexity index is 924. The number of rotatable bonds is 3. The van der Waals surface area contributed by atoms with Crippen LogP contribution in [0.5, 0.6) is 5.75 Å². The lowest BCUT2D eigenvalue weighted by Gasteiger charge is -2.19. The molecule has 0 fully saturated rings. The van der Waals surface area contributed by atoms with Gasteiger partial charge in [0.2, 0.25) is 10.0 Å². The number of carbonyl (C=O) groups is 1. The number of aryl methyl sites for hydroxylation is 1. The van der Waals surface area contributed by atoms with Gasteiger partial charge in [-0.25, -0.2) is 13.1 Å². The van der Waals surface area contributed by atoms with E-state index in [1.165, 1.54) is 17.7 Å². The third-order valence-electron chi connectivity index (χ3n) is 4.32. The van der Waals surface area contributed by atoms with Crippen molar-refractivity contribution in [2.75, 3.05) is 11.9 Å². The third-order valence-corrected chi connectivity index (χ3v) is 5.79. The van der Waals surface area contributed by atoms with Crippen LogP contribution in [0, 0.1) is 0 Å². The Balaban J connectivity index is 1.62. The van der Waals surface area contributed by atoms with Crippen molar-refractivity contribution < 1.29 is 17.9 Å². The maximum atomic E-state index is 12.7. The average Bonchev–Trinajstić information content (AvgIpc) is 2.97. The summed E-state index contributed by atoms with van der Waals surface area (Å²) in [6.45, 7) is -0.0593. The van der Waals surface area contributed by atoms with E-state index in [-0.39, 0.29) is 23.5 Å². The average molecular weight is 344 g/mol. The maximum Gasteiger partial charge on any atom is 0.262 e. The monoisotopic (exact) mass is 344 g/mol. The predicted molar refractivity (Wildman–Crippen MR) is 88.4 cm³/mol. The first kappa shape index (κ1) is 15.2. The number of carbonyl (C=O) groups excluding carboxylic acids is 1. The molecular weight excluding hydrogens is 328 g/mol. The van der Waals surface area contributed by atoms with Gasteiger partial charge in [-0.2, -0.15) is 0 Å². The van der Waals surface area contributed by atoms with Crippen molar-refractivity contribution in [2.24, 2.45) is 0 Å². The highest BCUT2D eigenvalue weighted by atomic mass is 32.2. The standard InChI is InChI=1S/C17H16N2O4S/c20-17-10-23-16-8-6-12(9-15(16)18-17)24(21,22)19-14-7-5-11-3-1-2-4-13(11)14/h1-4,6,8-9,14,19H,5,7,10H2,(H,18,20)/t14-/m1/s1. The fourth-order valence-electron chi connectivity index (χ4n) is 3.16. The zero-order valence-electron chi connectivity index (χ0n) is 12.8. The van der Waals surface area contributed by atoms with Gasteiger partial charge in [-0.05, 0) is 42.2 Å². The smallest absolute Gasteiger partial charge is 0.262 e. The van der Waals surface area contributed by atoms with Crippen molar-refractivity contribution in [3.63, 3.8) is 0 Å². The van der Waals surface area contributed by atoms with E-state index in [1.54, 1.807) is 6.07 Å². The van der Waals surface area contributed by atoms with E-state index in [9.17, 15) is 13.2 Å². The van der Waals surface area contributed by atoms with Crippen LogP contribution in [0.1, 0.15) is 23.6 Å². The molecule has 0 unspecified atom stereocenters. The maximum absolute atomic E-state index is 12.7. The summed E-state index contributed by atoms with van der Waals surface area (Å²) in [7, 11) is -3.69. The van der Waals surface area contributed by atoms with Gasteiger partial charge in [0.15, 0.2) is 6.61 Å². The summed E-state index contributed by atoms with van der Waals surface area (Å²) in [5.74, 6) is 0.175. The van der Waals surface area contributed by atoms with Crippen molar-refractivity contribution in [1.82, 2.24) is 4.72 Å². The van der Waals surface area contributed by atoms with Crippen molar-refractivity contribution in [1.29, 1.82) is 0 Å². The van der Waals surface area contributed by atoms with Crippen molar-refractivity contribution in [3.05, 3.63) is 53.6 Å². The molecule has 2 aromatic carbocycles. The second kappa shape index (κ2) is 5.61. The Morgan fingerprint density at radius 3 is 2.88 bits per heavy atom. The van der Waals surface area contributed by atoms with E-state index in [4.69, 9.17) is 4.74 Å². The van der Waals surface area contributed by atoms with Crippen LogP contribution < -0.4 is 14.8 Å². The van der Waals surface area contributed by atoms with Crippen LogP contribution in [0.3, 0.4) is 0 Å². The van der Waals surface area contributed by atoms with Gasteiger partial charge < -0.3 is 10.1 Å². The molecule has 4 rings (SSSR count). The lowest BCUT2D eigenvalue weighted by atomic mass is 10.1. The molecule has 24 heavy (non-hydrogen) atoms. The van der Waals surface area contributed by atoms with Gasteiger partial charge in [0.05, 0.1) is 10.6 Å². The molecule has 124 valence electrons. The van der Waals surface area contributed by atoms with Crippen LogP contribution in [-0.4, -0.2) is 20.9 Å². The molecule has 0 saturated heterocycles. The second-order valence-corrected chi connectivity index (χ2v) is 7.62. The quantitative estimate of drug-likeness (QED) is 0.892. The predicted octanol–water partition coefficient (Wildman–Crippen LogP) is 1.98. The van der Waals surface area contributed by atoms with Gasteiger partial charge in [-0.15, -0.1) is 0 Å². The van der Waals surface area contributed by atoms with Crippen LogP contribution in [0.25, 0.3) is 0 Å². The second-order valence-electron chi connectivity index (χ2n) is 5.91. The molecule has 6 nitrogen and oxygen atoms in total. The van der Waals surface area contributed by atoms with Gasteiger partial charge in [-0.1, -0.05) is 24.3 Å². The molecule has 0 spiro atoms. The fourth-order valence-corrected chi connectivity index (χ4v) is 4.44. The van der Waals surface area contributed by atoms with Crippen LogP contribution in [0.2, 0.25) is 0 Å². The van der Waals surface area contributed by atoms with E-state index >= 15 is 0 Å². The Morgan fingerprint density at radius 2 is 2.00 bits per heavy atom. The molecule has 1 atom stereocenters. The molecule has 0 radical (unpaired) electrons. The first-order valence-electron chi connectivity index (χ1n) is 7.70. The third kappa shape index (κ3) is 2.65. The number of hydrogen-bond donors (Lipinski definition) is 2. The molecule has 0 aromatic heterocycles. The summed E-state index contributed by atoms with van der Waals surface area (Å²) in [5.41, 5.74) is 2.58. The Hall–Kier alpha value is -2.38. The lowest BCUT2D eigenvalue weighted by molar-refractivity contribution is -0.118. The van der Waals surface area contributed by atoms with Gasteiger partial charge in [0.1, 0.15) is 5.75 Å². The summed E-state index contributed by atoms with van der Waals surface area (Å²) in [6, 6.07) is 12.1. The summed E-state index contributed by atoms with van der Waals surface area (Å²) in [5, 5.41) is 2.63. The van der Waals surface area contributed by atoms with E-state index in [1.807, 2.05) is 24.3 Å². The van der Waals surface area contributed by atoms with Crippen LogP contribution >= 0.6 is 0 Å². The highest BCUT2D eigenvalue weighted by molar-refractivity contribution is 7.89. The number of amides is 1. The van der Waals surface area contributed by atoms with E-state index < -0.39 is 10.0 Å². The first-order valence-corrected chi connectivity index (χ1v) is 9.18. The zero-order valence-corrected chi connectivity index (χ0v) is 13.6. The SMILES string of the molecule is O=C1COc2ccc(S(=O)(=O)N[C@@H]3CCc4ccccc43)cc2N1. The highest BCUT2D eigenvalue weighted by Gasteiger charge is 2.28. The number of anilines is 1. The van der Waals surface area contributed by atoms with Crippen molar-refractivity contribution in [3.8, 4) is 5.75 Å². The fraction of sp³-hybridized carbons (Fsp3) is 0.235. The first-order chi connectivity index (χ1) is 11.5. The lowest BCUT2D eigenvalue weighted by Crippen LogP contribution is -2.28. The molecular formula is C17H16N2O4S. The molecule has 2 aromatic rings. The van der Waals surface area contributed by atoms with Gasteiger partial charge in [-0.3, -0.25) is 4.79 Å². The molecule has 7 heteroatoms. The van der Waals surface area contributed by atoms with Crippen LogP contribution in [-0.2, 0) is 21.2 Å². The van der Waals surface area contributed by atoms with Gasteiger partial charge >= 0.3 is 0 Å². The van der Waals surface area contributed by atoms with E-state index in [0.29, 0.717) is 11.4 Å². The minimum absolute atomic E-state index is 0.0593. The topological polar surface area (TPSA) is 84.5 Å². The largest absolute Gasteiger partial charge is 0.482 e. The number of benzene rings is 2. The van der Waals surface area contributed by atoms with E-state index in [0.717, 1.165) is 18.4 Å². The minimum atomic E-state index is -3.69. The molecule has 0 saturated carbocycles. The number of hydrogen-bond acceptors (Lipinski definition) is 4. The number of sulfonamides is 1. The highest BCUT2D eigenvalue weighted by Crippen LogP contribution is 2.34.